The van der Waals surface area contributed by atoms with Crippen LogP contribution >= 0.6 is 0 Å². The molecular formula is C12H20O. The second-order valence-electron chi connectivity index (χ2n) is 5.22. The lowest BCUT2D eigenvalue weighted by Crippen LogP contribution is -2.23. The van der Waals surface area contributed by atoms with Crippen molar-refractivity contribution in [3.8, 4) is 0 Å². The van der Waals surface area contributed by atoms with E-state index in [0.29, 0.717) is 11.2 Å². The van der Waals surface area contributed by atoms with Gasteiger partial charge in [0, 0.05) is 12.8 Å². The molecule has 2 saturated carbocycles. The zero-order valence-electron chi connectivity index (χ0n) is 8.64. The molecule has 0 aromatic carbocycles. The predicted molar refractivity (Wildman–Crippen MR) is 53.5 cm³/mol. The second kappa shape index (κ2) is 3.43. The summed E-state index contributed by atoms with van der Waals surface area (Å²) >= 11 is 0. The van der Waals surface area contributed by atoms with Gasteiger partial charge in [-0.15, -0.1) is 0 Å². The van der Waals surface area contributed by atoms with Gasteiger partial charge >= 0.3 is 0 Å². The Morgan fingerprint density at radius 1 is 1.23 bits per heavy atom. The molecule has 0 radical (unpaired) electrons. The molecule has 0 N–H and O–H groups in total. The lowest BCUT2D eigenvalue weighted by atomic mass is 9.72. The Balaban J connectivity index is 2.09. The molecule has 1 heteroatoms. The van der Waals surface area contributed by atoms with Gasteiger partial charge in [0.1, 0.15) is 5.78 Å². The molecule has 13 heavy (non-hydrogen) atoms. The molecule has 2 aliphatic carbocycles. The van der Waals surface area contributed by atoms with E-state index < -0.39 is 0 Å². The highest BCUT2D eigenvalue weighted by Gasteiger charge is 2.42. The molecule has 1 nitrogen and oxygen atoms in total. The molecule has 2 atom stereocenters. The lowest BCUT2D eigenvalue weighted by Gasteiger charge is -2.32. The molecule has 0 aliphatic heterocycles. The fourth-order valence-electron chi connectivity index (χ4n) is 3.20. The van der Waals surface area contributed by atoms with Crippen LogP contribution in [0, 0.1) is 11.3 Å². The van der Waals surface area contributed by atoms with Gasteiger partial charge in [-0.25, -0.2) is 0 Å². The first-order chi connectivity index (χ1) is 6.21. The van der Waals surface area contributed by atoms with E-state index in [1.807, 2.05) is 0 Å². The minimum absolute atomic E-state index is 0.386. The predicted octanol–water partition coefficient (Wildman–Crippen LogP) is 3.33. The number of carbonyl (C=O) groups excluding carboxylic acids is 1. The summed E-state index contributed by atoms with van der Waals surface area (Å²) in [6.45, 7) is 2.34. The first kappa shape index (κ1) is 9.23. The quantitative estimate of drug-likeness (QED) is 0.559. The van der Waals surface area contributed by atoms with E-state index in [4.69, 9.17) is 0 Å². The summed E-state index contributed by atoms with van der Waals surface area (Å²) in [5.41, 5.74) is 0.386. The normalized spacial score (nSPS) is 41.0. The SMILES string of the molecule is C[C@@]12CCCCCC[C@H]1CC(=O)C2. The summed E-state index contributed by atoms with van der Waals surface area (Å²) in [4.78, 5) is 11.4. The van der Waals surface area contributed by atoms with Crippen molar-refractivity contribution in [3.05, 3.63) is 0 Å². The third-order valence-corrected chi connectivity index (χ3v) is 4.11. The summed E-state index contributed by atoms with van der Waals surface area (Å²) in [7, 11) is 0. The Kier molecular flexibility index (Phi) is 2.44. The van der Waals surface area contributed by atoms with Gasteiger partial charge in [0.05, 0.1) is 0 Å². The van der Waals surface area contributed by atoms with E-state index in [2.05, 4.69) is 6.92 Å². The number of rotatable bonds is 0. The minimum Gasteiger partial charge on any atom is -0.300 e. The van der Waals surface area contributed by atoms with Crippen molar-refractivity contribution >= 4 is 5.78 Å². The molecule has 0 bridgehead atoms. The van der Waals surface area contributed by atoms with Crippen molar-refractivity contribution in [2.75, 3.05) is 0 Å². The summed E-state index contributed by atoms with van der Waals surface area (Å²) < 4.78 is 0. The van der Waals surface area contributed by atoms with Crippen LogP contribution in [0.4, 0.5) is 0 Å². The average Bonchev–Trinajstić information content (AvgIpc) is 2.29. The summed E-state index contributed by atoms with van der Waals surface area (Å²) in [5, 5.41) is 0. The van der Waals surface area contributed by atoms with E-state index in [-0.39, 0.29) is 0 Å². The van der Waals surface area contributed by atoms with Crippen molar-refractivity contribution in [2.24, 2.45) is 11.3 Å². The fourth-order valence-corrected chi connectivity index (χ4v) is 3.20. The number of hydrogen-bond acceptors (Lipinski definition) is 1. The monoisotopic (exact) mass is 180 g/mol. The van der Waals surface area contributed by atoms with Gasteiger partial charge in [-0.2, -0.15) is 0 Å². The van der Waals surface area contributed by atoms with Crippen LogP contribution in [0.25, 0.3) is 0 Å². The van der Waals surface area contributed by atoms with Crippen LogP contribution in [-0.2, 0) is 4.79 Å². The maximum atomic E-state index is 11.4. The number of Topliss-reactive ketones (excluding diaryl/α,β-unsaturated/α-hetero) is 1. The molecule has 0 amide bonds. The third kappa shape index (κ3) is 1.79. The third-order valence-electron chi connectivity index (χ3n) is 4.11. The summed E-state index contributed by atoms with van der Waals surface area (Å²) in [5.74, 6) is 1.25. The van der Waals surface area contributed by atoms with Gasteiger partial charge in [0.2, 0.25) is 0 Å². The molecule has 0 heterocycles. The van der Waals surface area contributed by atoms with Crippen molar-refractivity contribution in [3.63, 3.8) is 0 Å². The highest BCUT2D eigenvalue weighted by Crippen LogP contribution is 2.48. The van der Waals surface area contributed by atoms with Crippen molar-refractivity contribution in [1.29, 1.82) is 0 Å². The van der Waals surface area contributed by atoms with Crippen LogP contribution in [0.3, 0.4) is 0 Å². The van der Waals surface area contributed by atoms with Crippen LogP contribution in [0.2, 0.25) is 0 Å². The Morgan fingerprint density at radius 2 is 2.00 bits per heavy atom. The fraction of sp³-hybridized carbons (Fsp3) is 0.917. The number of ketones is 1. The van der Waals surface area contributed by atoms with E-state index in [0.717, 1.165) is 18.8 Å². The first-order valence-electron chi connectivity index (χ1n) is 5.72. The zero-order chi connectivity index (χ0) is 9.31. The lowest BCUT2D eigenvalue weighted by molar-refractivity contribution is -0.118. The van der Waals surface area contributed by atoms with Crippen LogP contribution in [0.1, 0.15) is 58.3 Å². The van der Waals surface area contributed by atoms with Gasteiger partial charge in [-0.1, -0.05) is 32.6 Å². The Morgan fingerprint density at radius 3 is 2.85 bits per heavy atom. The summed E-state index contributed by atoms with van der Waals surface area (Å²) in [6, 6.07) is 0. The molecule has 0 aromatic rings. The molecule has 0 saturated heterocycles. The van der Waals surface area contributed by atoms with E-state index in [1.54, 1.807) is 0 Å². The maximum Gasteiger partial charge on any atom is 0.133 e. The highest BCUT2D eigenvalue weighted by atomic mass is 16.1. The standard InChI is InChI=1S/C12H20O/c1-12-7-5-3-2-4-6-10(12)8-11(13)9-12/h10H,2-9H2,1H3/t10-,12-/m0/s1. The largest absolute Gasteiger partial charge is 0.300 e. The van der Waals surface area contributed by atoms with Gasteiger partial charge in [-0.3, -0.25) is 4.79 Å². The molecule has 2 rings (SSSR count). The van der Waals surface area contributed by atoms with Crippen LogP contribution in [-0.4, -0.2) is 5.78 Å². The molecular weight excluding hydrogens is 160 g/mol. The second-order valence-corrected chi connectivity index (χ2v) is 5.22. The smallest absolute Gasteiger partial charge is 0.133 e. The Labute approximate surface area is 80.9 Å². The van der Waals surface area contributed by atoms with E-state index >= 15 is 0 Å². The topological polar surface area (TPSA) is 17.1 Å². The molecule has 0 spiro atoms. The molecule has 2 aliphatic rings. The van der Waals surface area contributed by atoms with Crippen LogP contribution < -0.4 is 0 Å². The minimum atomic E-state index is 0.386. The van der Waals surface area contributed by atoms with Gasteiger partial charge in [-0.05, 0) is 24.2 Å². The highest BCUT2D eigenvalue weighted by molar-refractivity contribution is 5.81. The number of carbonyl (C=O) groups is 1. The van der Waals surface area contributed by atoms with Crippen molar-refractivity contribution in [1.82, 2.24) is 0 Å². The van der Waals surface area contributed by atoms with Gasteiger partial charge in [0.25, 0.3) is 0 Å². The van der Waals surface area contributed by atoms with Crippen LogP contribution in [0.15, 0.2) is 0 Å². The van der Waals surface area contributed by atoms with Crippen molar-refractivity contribution < 1.29 is 4.79 Å². The average molecular weight is 180 g/mol. The number of fused-ring (bicyclic) bond motifs is 1. The van der Waals surface area contributed by atoms with Gasteiger partial charge < -0.3 is 0 Å². The van der Waals surface area contributed by atoms with Gasteiger partial charge in [0.15, 0.2) is 0 Å². The van der Waals surface area contributed by atoms with Crippen LogP contribution in [0.5, 0.6) is 0 Å². The zero-order valence-corrected chi connectivity index (χ0v) is 8.64. The van der Waals surface area contributed by atoms with Crippen molar-refractivity contribution in [2.45, 2.75) is 58.3 Å². The number of hydrogen-bond donors (Lipinski definition) is 0. The molecule has 74 valence electrons. The molecule has 2 fully saturated rings. The Hall–Kier alpha value is -0.330. The summed E-state index contributed by atoms with van der Waals surface area (Å²) in [6.07, 6.45) is 9.84. The van der Waals surface area contributed by atoms with E-state index in [1.165, 1.54) is 38.5 Å². The van der Waals surface area contributed by atoms with E-state index in [9.17, 15) is 4.79 Å². The first-order valence-corrected chi connectivity index (χ1v) is 5.72. The Bertz CT molecular complexity index is 209. The molecule has 0 unspecified atom stereocenters. The maximum absolute atomic E-state index is 11.4. The molecule has 0 aromatic heterocycles.